The first-order valence-corrected chi connectivity index (χ1v) is 7.34. The third-order valence-corrected chi connectivity index (χ3v) is 4.57. The lowest BCUT2D eigenvalue weighted by Crippen LogP contribution is -2.22. The summed E-state index contributed by atoms with van der Waals surface area (Å²) >= 11 is 5.09. The Morgan fingerprint density at radius 2 is 2.11 bits per heavy atom. The van der Waals surface area contributed by atoms with Crippen molar-refractivity contribution in [3.63, 3.8) is 0 Å². The lowest BCUT2D eigenvalue weighted by Gasteiger charge is -2.20. The highest BCUT2D eigenvalue weighted by Crippen LogP contribution is 2.50. The molecule has 0 atom stereocenters. The third-order valence-electron chi connectivity index (χ3n) is 4.42. The Labute approximate surface area is 114 Å². The van der Waals surface area contributed by atoms with Crippen LogP contribution in [0.4, 0.5) is 0 Å². The lowest BCUT2D eigenvalue weighted by molar-refractivity contribution is 0.420. The number of hydrogen-bond donors (Lipinski definition) is 1. The van der Waals surface area contributed by atoms with E-state index in [4.69, 9.17) is 22.9 Å². The summed E-state index contributed by atoms with van der Waals surface area (Å²) in [6.45, 7) is 3.20. The van der Waals surface area contributed by atoms with Crippen LogP contribution in [0.2, 0.25) is 0 Å². The van der Waals surface area contributed by atoms with Gasteiger partial charge in [0.05, 0.1) is 10.7 Å². The first-order chi connectivity index (χ1) is 8.60. The summed E-state index contributed by atoms with van der Waals surface area (Å²) < 4.78 is 2.44. The lowest BCUT2D eigenvalue weighted by atomic mass is 9.99. The van der Waals surface area contributed by atoms with E-state index in [1.54, 1.807) is 0 Å². The molecule has 1 aromatic rings. The van der Waals surface area contributed by atoms with Crippen molar-refractivity contribution in [3.8, 4) is 0 Å². The van der Waals surface area contributed by atoms with Gasteiger partial charge in [-0.15, -0.1) is 0 Å². The largest absolute Gasteiger partial charge is 0.393 e. The van der Waals surface area contributed by atoms with Crippen molar-refractivity contribution >= 4 is 17.2 Å². The normalized spacial score (nSPS) is 20.5. The van der Waals surface area contributed by atoms with Crippen LogP contribution in [0.1, 0.15) is 49.3 Å². The van der Waals surface area contributed by atoms with Crippen LogP contribution in [-0.2, 0) is 19.4 Å². The Morgan fingerprint density at radius 1 is 1.39 bits per heavy atom. The van der Waals surface area contributed by atoms with Gasteiger partial charge in [-0.05, 0) is 50.9 Å². The molecular weight excluding hydrogens is 242 g/mol. The molecule has 3 rings (SSSR count). The third kappa shape index (κ3) is 2.18. The topological polar surface area (TPSA) is 43.8 Å². The average molecular weight is 263 g/mol. The molecule has 1 heterocycles. The molecule has 0 aliphatic heterocycles. The second-order valence-electron chi connectivity index (χ2n) is 5.99. The Bertz CT molecular complexity index is 485. The van der Waals surface area contributed by atoms with Gasteiger partial charge in [-0.25, -0.2) is 4.98 Å². The fourth-order valence-corrected chi connectivity index (χ4v) is 3.52. The van der Waals surface area contributed by atoms with E-state index >= 15 is 0 Å². The molecule has 98 valence electrons. The highest BCUT2D eigenvalue weighted by molar-refractivity contribution is 7.80. The molecule has 0 amide bonds. The van der Waals surface area contributed by atoms with Crippen LogP contribution in [0.25, 0.3) is 0 Å². The molecule has 1 aromatic heterocycles. The Balaban J connectivity index is 1.84. The van der Waals surface area contributed by atoms with Crippen LogP contribution in [0.3, 0.4) is 0 Å². The number of rotatable bonds is 4. The van der Waals surface area contributed by atoms with Crippen molar-refractivity contribution in [2.75, 3.05) is 0 Å². The van der Waals surface area contributed by atoms with Gasteiger partial charge in [-0.2, -0.15) is 0 Å². The van der Waals surface area contributed by atoms with E-state index in [1.807, 2.05) is 0 Å². The first-order valence-electron chi connectivity index (χ1n) is 6.93. The highest BCUT2D eigenvalue weighted by Gasteiger charge is 2.44. The molecule has 2 aliphatic rings. The molecule has 18 heavy (non-hydrogen) atoms. The fourth-order valence-electron chi connectivity index (χ4n) is 3.22. The van der Waals surface area contributed by atoms with Gasteiger partial charge in [-0.1, -0.05) is 12.2 Å². The summed E-state index contributed by atoms with van der Waals surface area (Å²) in [6, 6.07) is 0. The number of aryl methyl sites for hydroxylation is 2. The molecule has 3 nitrogen and oxygen atoms in total. The number of imidazole rings is 1. The van der Waals surface area contributed by atoms with Crippen LogP contribution in [0, 0.1) is 12.3 Å². The van der Waals surface area contributed by atoms with Crippen molar-refractivity contribution in [1.82, 2.24) is 9.55 Å². The van der Waals surface area contributed by atoms with Gasteiger partial charge < -0.3 is 10.3 Å². The quantitative estimate of drug-likeness (QED) is 0.849. The van der Waals surface area contributed by atoms with Crippen LogP contribution >= 0.6 is 12.2 Å². The van der Waals surface area contributed by atoms with Gasteiger partial charge in [0.2, 0.25) is 0 Å². The molecule has 2 N–H and O–H groups in total. The van der Waals surface area contributed by atoms with E-state index in [0.717, 1.165) is 19.4 Å². The fraction of sp³-hybridized carbons (Fsp3) is 0.714. The zero-order valence-corrected chi connectivity index (χ0v) is 11.9. The number of fused-ring (bicyclic) bond motifs is 1. The van der Waals surface area contributed by atoms with Crippen molar-refractivity contribution in [2.24, 2.45) is 11.1 Å². The van der Waals surface area contributed by atoms with E-state index in [1.165, 1.54) is 49.3 Å². The number of hydrogen-bond acceptors (Lipinski definition) is 2. The predicted octanol–water partition coefficient (Wildman–Crippen LogP) is 2.53. The second kappa shape index (κ2) is 4.34. The molecule has 4 heteroatoms. The minimum atomic E-state index is 0.350. The molecule has 0 saturated heterocycles. The summed E-state index contributed by atoms with van der Waals surface area (Å²) in [4.78, 5) is 5.41. The van der Waals surface area contributed by atoms with E-state index in [0.29, 0.717) is 10.4 Å². The molecule has 1 saturated carbocycles. The monoisotopic (exact) mass is 263 g/mol. The molecule has 0 bridgehead atoms. The molecule has 0 aromatic carbocycles. The van der Waals surface area contributed by atoms with Gasteiger partial charge in [0, 0.05) is 18.7 Å². The SMILES string of the molecule is Cc1nc2c(n1CC1(CC(N)=S)CC1)CCCC2. The molecule has 0 radical (unpaired) electrons. The zero-order chi connectivity index (χ0) is 12.8. The van der Waals surface area contributed by atoms with E-state index in [9.17, 15) is 0 Å². The summed E-state index contributed by atoms with van der Waals surface area (Å²) in [5.74, 6) is 1.18. The highest BCUT2D eigenvalue weighted by atomic mass is 32.1. The van der Waals surface area contributed by atoms with Gasteiger partial charge in [0.25, 0.3) is 0 Å². The van der Waals surface area contributed by atoms with Crippen molar-refractivity contribution in [1.29, 1.82) is 0 Å². The van der Waals surface area contributed by atoms with Crippen molar-refractivity contribution in [2.45, 2.75) is 58.4 Å². The summed E-state index contributed by atoms with van der Waals surface area (Å²) in [5.41, 5.74) is 8.90. The Morgan fingerprint density at radius 3 is 2.78 bits per heavy atom. The van der Waals surface area contributed by atoms with E-state index in [2.05, 4.69) is 11.5 Å². The van der Waals surface area contributed by atoms with Crippen molar-refractivity contribution in [3.05, 3.63) is 17.2 Å². The maximum Gasteiger partial charge on any atom is 0.106 e. The van der Waals surface area contributed by atoms with Gasteiger partial charge >= 0.3 is 0 Å². The van der Waals surface area contributed by atoms with Gasteiger partial charge in [0.15, 0.2) is 0 Å². The Hall–Kier alpha value is -0.900. The van der Waals surface area contributed by atoms with Crippen LogP contribution in [0.15, 0.2) is 0 Å². The van der Waals surface area contributed by atoms with Gasteiger partial charge in [0.1, 0.15) is 5.82 Å². The smallest absolute Gasteiger partial charge is 0.106 e. The summed E-state index contributed by atoms with van der Waals surface area (Å²) in [6.07, 6.45) is 8.37. The van der Waals surface area contributed by atoms with Crippen LogP contribution in [-0.4, -0.2) is 14.5 Å². The number of thiocarbonyl (C=S) groups is 1. The molecule has 0 unspecified atom stereocenters. The van der Waals surface area contributed by atoms with E-state index < -0.39 is 0 Å². The minimum absolute atomic E-state index is 0.350. The number of aromatic nitrogens is 2. The minimum Gasteiger partial charge on any atom is -0.393 e. The van der Waals surface area contributed by atoms with Crippen LogP contribution < -0.4 is 5.73 Å². The maximum absolute atomic E-state index is 5.73. The Kier molecular flexibility index (Phi) is 2.93. The molecule has 1 fully saturated rings. The predicted molar refractivity (Wildman–Crippen MR) is 76.7 cm³/mol. The maximum atomic E-state index is 5.73. The van der Waals surface area contributed by atoms with E-state index in [-0.39, 0.29) is 0 Å². The zero-order valence-electron chi connectivity index (χ0n) is 11.0. The average Bonchev–Trinajstić information content (AvgIpc) is 2.98. The summed E-state index contributed by atoms with van der Waals surface area (Å²) in [7, 11) is 0. The van der Waals surface area contributed by atoms with Gasteiger partial charge in [-0.3, -0.25) is 0 Å². The van der Waals surface area contributed by atoms with Crippen molar-refractivity contribution < 1.29 is 0 Å². The number of nitrogens with zero attached hydrogens (tertiary/aromatic N) is 2. The number of nitrogens with two attached hydrogens (primary N) is 1. The standard InChI is InChI=1S/C14H21N3S/c1-10-16-11-4-2-3-5-12(11)17(10)9-14(6-7-14)8-13(15)18/h2-9H2,1H3,(H2,15,18). The first kappa shape index (κ1) is 12.2. The van der Waals surface area contributed by atoms with Crippen LogP contribution in [0.5, 0.6) is 0 Å². The molecule has 2 aliphatic carbocycles. The second-order valence-corrected chi connectivity index (χ2v) is 6.51. The molecule has 0 spiro atoms. The molecular formula is C14H21N3S. The summed E-state index contributed by atoms with van der Waals surface area (Å²) in [5, 5.41) is 0.